The molecule has 2 rings (SSSR count). The van der Waals surface area contributed by atoms with Gasteiger partial charge in [-0.15, -0.1) is 0 Å². The van der Waals surface area contributed by atoms with E-state index in [1.807, 2.05) is 42.5 Å². The first kappa shape index (κ1) is 11.1. The van der Waals surface area contributed by atoms with Gasteiger partial charge in [-0.25, -0.2) is 4.98 Å². The Morgan fingerprint density at radius 3 is 2.29 bits per heavy atom. The second-order valence-electron chi connectivity index (χ2n) is 2.73. The van der Waals surface area contributed by atoms with Crippen LogP contribution < -0.4 is 0 Å². The van der Waals surface area contributed by atoms with E-state index < -0.39 is 0 Å². The molecule has 0 unspecified atom stereocenters. The monoisotopic (exact) mass is 223 g/mol. The zero-order chi connectivity index (χ0) is 9.10. The van der Waals surface area contributed by atoms with Crippen LogP contribution in [0.5, 0.6) is 0 Å². The van der Waals surface area contributed by atoms with Crippen molar-refractivity contribution >= 4 is 25.1 Å². The highest BCUT2D eigenvalue weighted by atomic mass is 35.5. The lowest BCUT2D eigenvalue weighted by atomic mass is 10.1. The zero-order valence-electron chi connectivity index (χ0n) is 7.44. The molecule has 72 valence electrons. The van der Waals surface area contributed by atoms with Gasteiger partial charge in [0.1, 0.15) is 5.15 Å². The maximum Gasteiger partial charge on any atom is 0.129 e. The van der Waals surface area contributed by atoms with Crippen LogP contribution >= 0.6 is 25.1 Å². The minimum absolute atomic E-state index is 0. The fourth-order valence-electron chi connectivity index (χ4n) is 1.21. The summed E-state index contributed by atoms with van der Waals surface area (Å²) >= 11 is 5.78. The predicted molar refractivity (Wildman–Crippen MR) is 65.1 cm³/mol. The van der Waals surface area contributed by atoms with Gasteiger partial charge >= 0.3 is 0 Å². The van der Waals surface area contributed by atoms with Crippen molar-refractivity contribution in [2.24, 2.45) is 0 Å². The molecule has 0 aliphatic carbocycles. The van der Waals surface area contributed by atoms with Crippen molar-refractivity contribution in [2.45, 2.75) is 0 Å². The topological polar surface area (TPSA) is 12.9 Å². The summed E-state index contributed by atoms with van der Waals surface area (Å²) in [5, 5.41) is 0.529. The summed E-state index contributed by atoms with van der Waals surface area (Å²) in [6, 6.07) is 13.9. The normalized spacial score (nSPS) is 9.21. The van der Waals surface area contributed by atoms with E-state index in [0.29, 0.717) is 5.15 Å². The molecule has 0 atom stereocenters. The van der Waals surface area contributed by atoms with Gasteiger partial charge in [0.05, 0.1) is 0 Å². The van der Waals surface area contributed by atoms with Gasteiger partial charge in [-0.1, -0.05) is 41.9 Å². The molecular weight excluding hydrogens is 214 g/mol. The first-order valence-electron chi connectivity index (χ1n) is 4.03. The first-order chi connectivity index (χ1) is 6.36. The lowest BCUT2D eigenvalue weighted by Crippen LogP contribution is -1.78. The Balaban J connectivity index is 0.000000980. The van der Waals surface area contributed by atoms with E-state index in [0.717, 1.165) is 11.1 Å². The van der Waals surface area contributed by atoms with E-state index in [1.54, 1.807) is 6.20 Å². The predicted octanol–water partition coefficient (Wildman–Crippen LogP) is 3.51. The molecule has 1 aromatic carbocycles. The van der Waals surface area contributed by atoms with Crippen LogP contribution in [0.15, 0.2) is 48.7 Å². The lowest BCUT2D eigenvalue weighted by Gasteiger charge is -1.99. The van der Waals surface area contributed by atoms with Crippen molar-refractivity contribution in [3.63, 3.8) is 0 Å². The molecule has 0 spiro atoms. The van der Waals surface area contributed by atoms with Crippen LogP contribution in [0.4, 0.5) is 0 Å². The minimum atomic E-state index is 0. The molecule has 0 N–H and O–H groups in total. The average molecular weight is 224 g/mol. The minimum Gasteiger partial charge on any atom is -0.245 e. The van der Waals surface area contributed by atoms with Gasteiger partial charge in [-0.2, -0.15) is 13.5 Å². The summed E-state index contributed by atoms with van der Waals surface area (Å²) in [5.41, 5.74) is 2.26. The fraction of sp³-hybridized carbons (Fsp3) is 0. The number of halogens is 1. The van der Waals surface area contributed by atoms with Gasteiger partial charge in [0.2, 0.25) is 0 Å². The first-order valence-corrected chi connectivity index (χ1v) is 4.41. The number of rotatable bonds is 1. The number of hydrogen-bond acceptors (Lipinski definition) is 1. The molecule has 1 heterocycles. The van der Waals surface area contributed by atoms with E-state index in [1.165, 1.54) is 0 Å². The van der Waals surface area contributed by atoms with Crippen LogP contribution in [0.1, 0.15) is 0 Å². The third-order valence-corrected chi connectivity index (χ3v) is 2.04. The summed E-state index contributed by atoms with van der Waals surface area (Å²) < 4.78 is 0. The fourth-order valence-corrected chi connectivity index (χ4v) is 1.39. The quantitative estimate of drug-likeness (QED) is 0.675. The summed E-state index contributed by atoms with van der Waals surface area (Å²) in [5.74, 6) is 0. The highest BCUT2D eigenvalue weighted by Crippen LogP contribution is 2.20. The Morgan fingerprint density at radius 2 is 1.64 bits per heavy atom. The number of benzene rings is 1. The Morgan fingerprint density at radius 1 is 0.929 bits per heavy atom. The molecule has 1 aromatic heterocycles. The van der Waals surface area contributed by atoms with Gasteiger partial charge in [-0.05, 0) is 23.3 Å². The lowest BCUT2D eigenvalue weighted by molar-refractivity contribution is 1.33. The second kappa shape index (κ2) is 5.03. The molecule has 2 aromatic rings. The molecule has 14 heavy (non-hydrogen) atoms. The van der Waals surface area contributed by atoms with Crippen molar-refractivity contribution in [1.82, 2.24) is 4.98 Å². The molecule has 0 aliphatic heterocycles. The molecule has 0 fully saturated rings. The summed E-state index contributed by atoms with van der Waals surface area (Å²) in [7, 11) is 0. The van der Waals surface area contributed by atoms with Crippen LogP contribution in [0.3, 0.4) is 0 Å². The number of hydrogen-bond donors (Lipinski definition) is 0. The second-order valence-corrected chi connectivity index (χ2v) is 3.12. The Labute approximate surface area is 95.2 Å². The average Bonchev–Trinajstić information content (AvgIpc) is 2.19. The van der Waals surface area contributed by atoms with Crippen molar-refractivity contribution in [1.29, 1.82) is 0 Å². The van der Waals surface area contributed by atoms with Crippen LogP contribution in [0.25, 0.3) is 11.1 Å². The van der Waals surface area contributed by atoms with Gasteiger partial charge in [0.25, 0.3) is 0 Å². The van der Waals surface area contributed by atoms with Gasteiger partial charge in [0, 0.05) is 6.20 Å². The molecule has 0 saturated heterocycles. The maximum atomic E-state index is 5.78. The summed E-state index contributed by atoms with van der Waals surface area (Å²) in [6.07, 6.45) is 1.71. The standard InChI is InChI=1S/C11H8ClN.H2S/c12-11-8-10(6-7-13-11)9-4-2-1-3-5-9;/h1-8H;1H2. The van der Waals surface area contributed by atoms with E-state index in [2.05, 4.69) is 4.98 Å². The number of aromatic nitrogens is 1. The maximum absolute atomic E-state index is 5.78. The van der Waals surface area contributed by atoms with Gasteiger partial charge in [0.15, 0.2) is 0 Å². The van der Waals surface area contributed by atoms with Crippen molar-refractivity contribution < 1.29 is 0 Å². The van der Waals surface area contributed by atoms with Crippen LogP contribution in [-0.4, -0.2) is 4.98 Å². The number of nitrogens with zero attached hydrogens (tertiary/aromatic N) is 1. The van der Waals surface area contributed by atoms with E-state index >= 15 is 0 Å². The molecule has 0 radical (unpaired) electrons. The molecule has 3 heteroatoms. The number of pyridine rings is 1. The van der Waals surface area contributed by atoms with Gasteiger partial charge in [-0.3, -0.25) is 0 Å². The Hall–Kier alpha value is -0.990. The third kappa shape index (κ3) is 2.50. The Kier molecular flexibility index (Phi) is 3.98. The summed E-state index contributed by atoms with van der Waals surface area (Å²) in [4.78, 5) is 3.93. The van der Waals surface area contributed by atoms with Crippen molar-refractivity contribution in [3.8, 4) is 11.1 Å². The van der Waals surface area contributed by atoms with Crippen molar-refractivity contribution in [2.75, 3.05) is 0 Å². The zero-order valence-corrected chi connectivity index (χ0v) is 9.20. The van der Waals surface area contributed by atoms with E-state index in [-0.39, 0.29) is 13.5 Å². The highest BCUT2D eigenvalue weighted by Gasteiger charge is 1.96. The van der Waals surface area contributed by atoms with Gasteiger partial charge < -0.3 is 0 Å². The Bertz CT molecular complexity index is 403. The van der Waals surface area contributed by atoms with Crippen LogP contribution in [0, 0.1) is 0 Å². The molecule has 0 bridgehead atoms. The smallest absolute Gasteiger partial charge is 0.129 e. The third-order valence-electron chi connectivity index (χ3n) is 1.83. The van der Waals surface area contributed by atoms with E-state index in [4.69, 9.17) is 11.6 Å². The highest BCUT2D eigenvalue weighted by molar-refractivity contribution is 7.59. The molecule has 0 saturated carbocycles. The van der Waals surface area contributed by atoms with E-state index in [9.17, 15) is 0 Å². The molecule has 0 amide bonds. The molecule has 0 aliphatic rings. The van der Waals surface area contributed by atoms with Crippen molar-refractivity contribution in [3.05, 3.63) is 53.8 Å². The molecular formula is C11H10ClNS. The van der Waals surface area contributed by atoms with Crippen LogP contribution in [-0.2, 0) is 0 Å². The molecule has 1 nitrogen and oxygen atoms in total. The summed E-state index contributed by atoms with van der Waals surface area (Å²) in [6.45, 7) is 0. The largest absolute Gasteiger partial charge is 0.245 e. The SMILES string of the molecule is Clc1cc(-c2ccccc2)ccn1.S. The van der Waals surface area contributed by atoms with Crippen LogP contribution in [0.2, 0.25) is 5.15 Å².